The number of carbonyl (C=O) groups excluding carboxylic acids is 1. The molecular weight excluding hydrogens is 384 g/mol. The maximum Gasteiger partial charge on any atom is 0.311 e. The number of aromatic nitrogens is 2. The van der Waals surface area contributed by atoms with Gasteiger partial charge in [-0.25, -0.2) is 9.97 Å². The first-order valence-electron chi connectivity index (χ1n) is 11.4. The number of nitrogens with zero attached hydrogens (tertiary/aromatic N) is 2. The summed E-state index contributed by atoms with van der Waals surface area (Å²) in [5.41, 5.74) is 4.31. The van der Waals surface area contributed by atoms with Crippen molar-refractivity contribution in [3.8, 4) is 28.3 Å². The van der Waals surface area contributed by atoms with Crippen molar-refractivity contribution in [1.29, 1.82) is 0 Å². The Labute approximate surface area is 185 Å². The Morgan fingerprint density at radius 1 is 0.742 bits per heavy atom. The van der Waals surface area contributed by atoms with E-state index in [4.69, 9.17) is 4.74 Å². The minimum absolute atomic E-state index is 0.176. The molecule has 31 heavy (non-hydrogen) atoms. The first-order valence-corrected chi connectivity index (χ1v) is 11.4. The van der Waals surface area contributed by atoms with Crippen LogP contribution in [-0.4, -0.2) is 15.9 Å². The number of ether oxygens (including phenoxy) is 1. The third kappa shape index (κ3) is 7.02. The smallest absolute Gasteiger partial charge is 0.311 e. The van der Waals surface area contributed by atoms with Gasteiger partial charge in [0.1, 0.15) is 5.75 Å². The molecule has 1 heterocycles. The molecule has 4 heteroatoms. The van der Waals surface area contributed by atoms with Crippen molar-refractivity contribution >= 4 is 5.97 Å². The number of unbranched alkanes of at least 4 members (excludes halogenated alkanes) is 4. The molecule has 162 valence electrons. The van der Waals surface area contributed by atoms with Gasteiger partial charge in [-0.15, -0.1) is 0 Å². The van der Waals surface area contributed by atoms with Gasteiger partial charge in [0.15, 0.2) is 5.82 Å². The molecule has 3 rings (SSSR count). The number of hydrogen-bond donors (Lipinski definition) is 0. The van der Waals surface area contributed by atoms with Crippen molar-refractivity contribution < 1.29 is 9.53 Å². The summed E-state index contributed by atoms with van der Waals surface area (Å²) in [5, 5.41) is 0. The summed E-state index contributed by atoms with van der Waals surface area (Å²) < 4.78 is 5.40. The summed E-state index contributed by atoms with van der Waals surface area (Å²) in [4.78, 5) is 21.0. The van der Waals surface area contributed by atoms with E-state index in [-0.39, 0.29) is 5.97 Å². The van der Waals surface area contributed by atoms with E-state index in [0.717, 1.165) is 48.2 Å². The van der Waals surface area contributed by atoms with Crippen LogP contribution in [0.15, 0.2) is 60.9 Å². The number of benzene rings is 2. The molecule has 4 nitrogen and oxygen atoms in total. The first kappa shape index (κ1) is 22.7. The molecular formula is C27H32N2O2. The van der Waals surface area contributed by atoms with Crippen LogP contribution < -0.4 is 4.74 Å². The van der Waals surface area contributed by atoms with Crippen molar-refractivity contribution in [2.24, 2.45) is 0 Å². The van der Waals surface area contributed by atoms with Crippen LogP contribution in [0.2, 0.25) is 0 Å². The number of esters is 1. The molecule has 2 aromatic carbocycles. The third-order valence-corrected chi connectivity index (χ3v) is 5.34. The van der Waals surface area contributed by atoms with Crippen molar-refractivity contribution in [1.82, 2.24) is 9.97 Å². The summed E-state index contributed by atoms with van der Waals surface area (Å²) in [5.74, 6) is 1.12. The van der Waals surface area contributed by atoms with Crippen LogP contribution in [-0.2, 0) is 11.2 Å². The minimum Gasteiger partial charge on any atom is -0.427 e. The molecule has 0 bridgehead atoms. The molecule has 3 aromatic rings. The van der Waals surface area contributed by atoms with E-state index in [1.165, 1.54) is 24.8 Å². The third-order valence-electron chi connectivity index (χ3n) is 5.34. The van der Waals surface area contributed by atoms with Crippen LogP contribution in [0, 0.1) is 0 Å². The highest BCUT2D eigenvalue weighted by molar-refractivity contribution is 5.73. The standard InChI is InChI=1S/C27H32N2O2/c1-3-5-7-9-21-11-13-23(14-12-21)27-28-19-24(20-29-27)22-15-17-25(18-16-22)31-26(30)10-8-6-4-2/h11-20H,3-10H2,1-2H3. The predicted octanol–water partition coefficient (Wildman–Crippen LogP) is 7.03. The Morgan fingerprint density at radius 2 is 1.35 bits per heavy atom. The average molecular weight is 417 g/mol. The minimum atomic E-state index is -0.176. The van der Waals surface area contributed by atoms with Gasteiger partial charge in [-0.3, -0.25) is 4.79 Å². The van der Waals surface area contributed by atoms with Crippen molar-refractivity contribution in [3.63, 3.8) is 0 Å². The molecule has 0 fully saturated rings. The van der Waals surface area contributed by atoms with Gasteiger partial charge < -0.3 is 4.74 Å². The molecule has 0 atom stereocenters. The lowest BCUT2D eigenvalue weighted by atomic mass is 10.0. The number of hydrogen-bond acceptors (Lipinski definition) is 4. The molecule has 0 saturated carbocycles. The van der Waals surface area contributed by atoms with Crippen LogP contribution in [0.3, 0.4) is 0 Å². The lowest BCUT2D eigenvalue weighted by molar-refractivity contribution is -0.134. The fourth-order valence-electron chi connectivity index (χ4n) is 3.44. The van der Waals surface area contributed by atoms with E-state index in [1.807, 2.05) is 36.7 Å². The zero-order valence-electron chi connectivity index (χ0n) is 18.6. The highest BCUT2D eigenvalue weighted by atomic mass is 16.5. The Hall–Kier alpha value is -3.01. The van der Waals surface area contributed by atoms with Crippen LogP contribution in [0.1, 0.15) is 64.4 Å². The summed E-state index contributed by atoms with van der Waals surface area (Å²) >= 11 is 0. The largest absolute Gasteiger partial charge is 0.427 e. The molecule has 0 saturated heterocycles. The SMILES string of the molecule is CCCCCC(=O)Oc1ccc(-c2cnc(-c3ccc(CCCCC)cc3)nc2)cc1. The fraction of sp³-hybridized carbons (Fsp3) is 0.370. The van der Waals surface area contributed by atoms with E-state index < -0.39 is 0 Å². The molecule has 0 aliphatic rings. The van der Waals surface area contributed by atoms with Gasteiger partial charge in [-0.1, -0.05) is 75.9 Å². The van der Waals surface area contributed by atoms with Crippen LogP contribution in [0.4, 0.5) is 0 Å². The maximum absolute atomic E-state index is 11.9. The molecule has 0 amide bonds. The van der Waals surface area contributed by atoms with Crippen molar-refractivity contribution in [2.45, 2.75) is 65.2 Å². The van der Waals surface area contributed by atoms with E-state index in [9.17, 15) is 4.79 Å². The van der Waals surface area contributed by atoms with Crippen LogP contribution in [0.5, 0.6) is 5.75 Å². The summed E-state index contributed by atoms with van der Waals surface area (Å²) in [6.45, 7) is 4.34. The van der Waals surface area contributed by atoms with Gasteiger partial charge in [0.05, 0.1) is 0 Å². The molecule has 1 aromatic heterocycles. The van der Waals surface area contributed by atoms with Crippen molar-refractivity contribution in [3.05, 3.63) is 66.5 Å². The second kappa shape index (κ2) is 12.0. The maximum atomic E-state index is 11.9. The summed E-state index contributed by atoms with van der Waals surface area (Å²) in [7, 11) is 0. The highest BCUT2D eigenvalue weighted by Crippen LogP contribution is 2.23. The summed E-state index contributed by atoms with van der Waals surface area (Å²) in [6, 6.07) is 16.0. The lowest BCUT2D eigenvalue weighted by Gasteiger charge is -2.07. The van der Waals surface area contributed by atoms with Crippen molar-refractivity contribution in [2.75, 3.05) is 0 Å². The first-order chi connectivity index (χ1) is 15.2. The normalized spacial score (nSPS) is 10.8. The second-order valence-electron chi connectivity index (χ2n) is 7.90. The number of carbonyl (C=O) groups is 1. The molecule has 0 radical (unpaired) electrons. The predicted molar refractivity (Wildman–Crippen MR) is 126 cm³/mol. The van der Waals surface area contributed by atoms with Crippen LogP contribution >= 0.6 is 0 Å². The van der Waals surface area contributed by atoms with Gasteiger partial charge in [0.2, 0.25) is 0 Å². The van der Waals surface area contributed by atoms with E-state index in [1.54, 1.807) is 0 Å². The topological polar surface area (TPSA) is 52.1 Å². The number of aryl methyl sites for hydroxylation is 1. The van der Waals surface area contributed by atoms with Gasteiger partial charge >= 0.3 is 5.97 Å². The Bertz CT molecular complexity index is 932. The van der Waals surface area contributed by atoms with E-state index in [0.29, 0.717) is 12.2 Å². The molecule has 0 N–H and O–H groups in total. The zero-order valence-corrected chi connectivity index (χ0v) is 18.6. The van der Waals surface area contributed by atoms with E-state index >= 15 is 0 Å². The lowest BCUT2D eigenvalue weighted by Crippen LogP contribution is -2.07. The molecule has 0 spiro atoms. The second-order valence-corrected chi connectivity index (χ2v) is 7.90. The molecule has 0 unspecified atom stereocenters. The van der Waals surface area contributed by atoms with Gasteiger partial charge in [0.25, 0.3) is 0 Å². The Kier molecular flexibility index (Phi) is 8.77. The highest BCUT2D eigenvalue weighted by Gasteiger charge is 2.07. The van der Waals surface area contributed by atoms with Gasteiger partial charge in [-0.2, -0.15) is 0 Å². The van der Waals surface area contributed by atoms with Gasteiger partial charge in [0, 0.05) is 29.9 Å². The number of rotatable bonds is 11. The molecule has 0 aliphatic carbocycles. The van der Waals surface area contributed by atoms with Gasteiger partial charge in [-0.05, 0) is 42.5 Å². The Morgan fingerprint density at radius 3 is 2.00 bits per heavy atom. The molecule has 0 aliphatic heterocycles. The monoisotopic (exact) mass is 416 g/mol. The van der Waals surface area contributed by atoms with Crippen LogP contribution in [0.25, 0.3) is 22.5 Å². The Balaban J connectivity index is 1.59. The fourth-order valence-corrected chi connectivity index (χ4v) is 3.44. The average Bonchev–Trinajstić information content (AvgIpc) is 2.81. The zero-order chi connectivity index (χ0) is 21.9. The van der Waals surface area contributed by atoms with E-state index in [2.05, 4.69) is 48.1 Å². The quantitative estimate of drug-likeness (QED) is 0.191. The summed E-state index contributed by atoms with van der Waals surface area (Å²) in [6.07, 6.45) is 12.0.